The summed E-state index contributed by atoms with van der Waals surface area (Å²) in [5.41, 5.74) is 0.674. The predicted molar refractivity (Wildman–Crippen MR) is 56.0 cm³/mol. The van der Waals surface area contributed by atoms with Crippen LogP contribution < -0.4 is 4.72 Å². The van der Waals surface area contributed by atoms with E-state index in [9.17, 15) is 8.42 Å². The lowest BCUT2D eigenvalue weighted by atomic mass is 10.2. The summed E-state index contributed by atoms with van der Waals surface area (Å²) >= 11 is 0. The smallest absolute Gasteiger partial charge is 0.247 e. The molecule has 1 aromatic heterocycles. The maximum absolute atomic E-state index is 11.4. The summed E-state index contributed by atoms with van der Waals surface area (Å²) in [6, 6.07) is 6.17. The van der Waals surface area contributed by atoms with E-state index in [-0.39, 0.29) is 4.90 Å². The van der Waals surface area contributed by atoms with E-state index in [0.717, 1.165) is 0 Å². The topological polar surface area (TPSA) is 85.1 Å². The van der Waals surface area contributed by atoms with Crippen molar-refractivity contribution in [1.29, 1.82) is 0 Å². The maximum atomic E-state index is 11.4. The van der Waals surface area contributed by atoms with Gasteiger partial charge in [-0.05, 0) is 31.3 Å². The highest BCUT2D eigenvalue weighted by molar-refractivity contribution is 7.89. The first-order valence-electron chi connectivity index (χ1n) is 4.43. The highest BCUT2D eigenvalue weighted by Gasteiger charge is 2.11. The number of nitrogens with zero attached hydrogens (tertiary/aromatic N) is 2. The average Bonchev–Trinajstić information content (AvgIpc) is 2.83. The molecule has 6 nitrogen and oxygen atoms in total. The van der Waals surface area contributed by atoms with Crippen molar-refractivity contribution in [1.82, 2.24) is 14.9 Å². The second-order valence-corrected chi connectivity index (χ2v) is 4.86. The van der Waals surface area contributed by atoms with Crippen LogP contribution in [0.1, 0.15) is 0 Å². The number of hydrogen-bond acceptors (Lipinski definition) is 5. The summed E-state index contributed by atoms with van der Waals surface area (Å²) in [6.07, 6.45) is 1.22. The van der Waals surface area contributed by atoms with Crippen molar-refractivity contribution in [3.63, 3.8) is 0 Å². The maximum Gasteiger partial charge on any atom is 0.247 e. The lowest BCUT2D eigenvalue weighted by Gasteiger charge is -2.02. The number of rotatable bonds is 3. The largest absolute Gasteiger partial charge is 0.423 e. The molecule has 0 aliphatic carbocycles. The molecule has 1 aromatic carbocycles. The van der Waals surface area contributed by atoms with Crippen molar-refractivity contribution < 1.29 is 12.8 Å². The van der Waals surface area contributed by atoms with Gasteiger partial charge >= 0.3 is 0 Å². The molecule has 7 heteroatoms. The van der Waals surface area contributed by atoms with Crippen molar-refractivity contribution in [2.75, 3.05) is 7.05 Å². The molecule has 0 aliphatic rings. The number of benzene rings is 1. The lowest BCUT2D eigenvalue weighted by molar-refractivity contribution is 0.568. The Kier molecular flexibility index (Phi) is 2.71. The minimum Gasteiger partial charge on any atom is -0.423 e. The van der Waals surface area contributed by atoms with E-state index >= 15 is 0 Å². The molecule has 0 atom stereocenters. The molecule has 0 spiro atoms. The summed E-state index contributed by atoms with van der Waals surface area (Å²) in [5.74, 6) is 0.355. The van der Waals surface area contributed by atoms with Gasteiger partial charge in [-0.15, -0.1) is 10.2 Å². The van der Waals surface area contributed by atoms with Crippen LogP contribution in [-0.2, 0) is 10.0 Å². The molecule has 0 amide bonds. The molecular weight excluding hydrogens is 230 g/mol. The van der Waals surface area contributed by atoms with Gasteiger partial charge in [0.25, 0.3) is 0 Å². The Morgan fingerprint density at radius 1 is 1.25 bits per heavy atom. The van der Waals surface area contributed by atoms with Crippen molar-refractivity contribution in [2.24, 2.45) is 0 Å². The summed E-state index contributed by atoms with van der Waals surface area (Å²) < 4.78 is 30.1. The molecule has 84 valence electrons. The molecule has 0 saturated heterocycles. The zero-order valence-electron chi connectivity index (χ0n) is 8.41. The monoisotopic (exact) mass is 239 g/mol. The Balaban J connectivity index is 2.38. The number of hydrogen-bond donors (Lipinski definition) is 1. The Morgan fingerprint density at radius 3 is 2.44 bits per heavy atom. The fraction of sp³-hybridized carbons (Fsp3) is 0.111. The van der Waals surface area contributed by atoms with E-state index in [1.54, 1.807) is 12.1 Å². The second kappa shape index (κ2) is 4.03. The van der Waals surface area contributed by atoms with Crippen molar-refractivity contribution in [2.45, 2.75) is 4.90 Å². The molecule has 0 aliphatic heterocycles. The predicted octanol–water partition coefficient (Wildman–Crippen LogP) is 0.645. The van der Waals surface area contributed by atoms with Crippen molar-refractivity contribution >= 4 is 10.0 Å². The van der Waals surface area contributed by atoms with E-state index in [0.29, 0.717) is 11.5 Å². The molecule has 1 N–H and O–H groups in total. The third kappa shape index (κ3) is 1.95. The van der Waals surface area contributed by atoms with Gasteiger partial charge < -0.3 is 4.42 Å². The lowest BCUT2D eigenvalue weighted by Crippen LogP contribution is -2.18. The Morgan fingerprint density at radius 2 is 1.94 bits per heavy atom. The van der Waals surface area contributed by atoms with Crippen LogP contribution in [-0.4, -0.2) is 25.7 Å². The van der Waals surface area contributed by atoms with Crippen LogP contribution in [0.4, 0.5) is 0 Å². The molecule has 0 fully saturated rings. The van der Waals surface area contributed by atoms with Crippen LogP contribution in [0.2, 0.25) is 0 Å². The molecular formula is C9H9N3O3S. The van der Waals surface area contributed by atoms with E-state index < -0.39 is 10.0 Å². The first-order chi connectivity index (χ1) is 7.63. The zero-order valence-corrected chi connectivity index (χ0v) is 9.23. The highest BCUT2D eigenvalue weighted by atomic mass is 32.2. The molecule has 0 unspecified atom stereocenters. The summed E-state index contributed by atoms with van der Waals surface area (Å²) in [6.45, 7) is 0. The summed E-state index contributed by atoms with van der Waals surface area (Å²) in [7, 11) is -2.04. The average molecular weight is 239 g/mol. The minimum atomic E-state index is -3.40. The Bertz CT molecular complexity index is 561. The van der Waals surface area contributed by atoms with Gasteiger partial charge in [-0.25, -0.2) is 13.1 Å². The molecule has 2 aromatic rings. The molecule has 0 radical (unpaired) electrons. The van der Waals surface area contributed by atoms with Gasteiger partial charge in [-0.1, -0.05) is 0 Å². The van der Waals surface area contributed by atoms with Crippen LogP contribution >= 0.6 is 0 Å². The first-order valence-corrected chi connectivity index (χ1v) is 5.92. The van der Waals surface area contributed by atoms with E-state index in [1.165, 1.54) is 25.6 Å². The van der Waals surface area contributed by atoms with Gasteiger partial charge in [0.1, 0.15) is 0 Å². The first kappa shape index (κ1) is 10.8. The SMILES string of the molecule is CNS(=O)(=O)c1ccc(-c2nnco2)cc1. The van der Waals surface area contributed by atoms with Crippen molar-refractivity contribution in [3.05, 3.63) is 30.7 Å². The van der Waals surface area contributed by atoms with Gasteiger partial charge in [0.15, 0.2) is 0 Å². The number of nitrogens with one attached hydrogen (secondary N) is 1. The van der Waals surface area contributed by atoms with Gasteiger partial charge in [-0.3, -0.25) is 0 Å². The minimum absolute atomic E-state index is 0.193. The summed E-state index contributed by atoms with van der Waals surface area (Å²) in [5, 5.41) is 7.26. The van der Waals surface area contributed by atoms with E-state index in [2.05, 4.69) is 14.9 Å². The normalized spacial score (nSPS) is 11.6. The Hall–Kier alpha value is -1.73. The van der Waals surface area contributed by atoms with Gasteiger partial charge in [0.05, 0.1) is 4.90 Å². The van der Waals surface area contributed by atoms with Crippen LogP contribution in [0, 0.1) is 0 Å². The summed E-state index contributed by atoms with van der Waals surface area (Å²) in [4.78, 5) is 0.193. The van der Waals surface area contributed by atoms with Crippen LogP contribution in [0.5, 0.6) is 0 Å². The van der Waals surface area contributed by atoms with E-state index in [1.807, 2.05) is 0 Å². The van der Waals surface area contributed by atoms with E-state index in [4.69, 9.17) is 4.42 Å². The van der Waals surface area contributed by atoms with Gasteiger partial charge in [0.2, 0.25) is 22.3 Å². The highest BCUT2D eigenvalue weighted by Crippen LogP contribution is 2.18. The second-order valence-electron chi connectivity index (χ2n) is 2.98. The Labute approximate surface area is 92.4 Å². The van der Waals surface area contributed by atoms with Crippen LogP contribution in [0.25, 0.3) is 11.5 Å². The molecule has 0 bridgehead atoms. The number of aromatic nitrogens is 2. The van der Waals surface area contributed by atoms with Gasteiger partial charge in [-0.2, -0.15) is 0 Å². The standard InChI is InChI=1S/C9H9N3O3S/c1-10-16(13,14)8-4-2-7(3-5-8)9-12-11-6-15-9/h2-6,10H,1H3. The third-order valence-electron chi connectivity index (χ3n) is 2.04. The van der Waals surface area contributed by atoms with Crippen molar-refractivity contribution in [3.8, 4) is 11.5 Å². The number of sulfonamides is 1. The molecule has 16 heavy (non-hydrogen) atoms. The third-order valence-corrected chi connectivity index (χ3v) is 3.47. The van der Waals surface area contributed by atoms with Crippen LogP contribution in [0.15, 0.2) is 40.0 Å². The fourth-order valence-corrected chi connectivity index (χ4v) is 1.92. The molecule has 0 saturated carbocycles. The molecule has 1 heterocycles. The fourth-order valence-electron chi connectivity index (χ4n) is 1.19. The zero-order chi connectivity index (χ0) is 11.6. The molecule has 2 rings (SSSR count). The van der Waals surface area contributed by atoms with Crippen LogP contribution in [0.3, 0.4) is 0 Å². The van der Waals surface area contributed by atoms with Gasteiger partial charge in [0, 0.05) is 5.56 Å². The quantitative estimate of drug-likeness (QED) is 0.849.